The lowest BCUT2D eigenvalue weighted by Gasteiger charge is -2.36. The normalized spacial score (nSPS) is 20.8. The summed E-state index contributed by atoms with van der Waals surface area (Å²) in [7, 11) is 0. The standard InChI is InChI=1S/C17H19BrO4/c1-17(2)9-13(10-3-5-21-6-4-10)12-7-11(16(19)20)8-14(18)15(12)22-17/h7-10H,3-6H2,1-2H3,(H,19,20). The molecule has 0 radical (unpaired) electrons. The molecule has 0 aromatic heterocycles. The van der Waals surface area contributed by atoms with E-state index in [2.05, 4.69) is 22.0 Å². The molecule has 4 nitrogen and oxygen atoms in total. The zero-order chi connectivity index (χ0) is 15.9. The zero-order valence-corrected chi connectivity index (χ0v) is 14.3. The Morgan fingerprint density at radius 1 is 1.32 bits per heavy atom. The first-order chi connectivity index (χ1) is 10.4. The molecule has 1 aromatic rings. The highest BCUT2D eigenvalue weighted by molar-refractivity contribution is 9.10. The molecule has 1 saturated heterocycles. The van der Waals surface area contributed by atoms with E-state index < -0.39 is 11.6 Å². The molecule has 0 aliphatic carbocycles. The number of aromatic carboxylic acids is 1. The molecular formula is C17H19BrO4. The Hall–Kier alpha value is -1.33. The van der Waals surface area contributed by atoms with Crippen molar-refractivity contribution in [3.05, 3.63) is 33.8 Å². The van der Waals surface area contributed by atoms with Crippen LogP contribution in [0.2, 0.25) is 0 Å². The number of halogens is 1. The van der Waals surface area contributed by atoms with Gasteiger partial charge < -0.3 is 14.6 Å². The van der Waals surface area contributed by atoms with Crippen molar-refractivity contribution in [2.24, 2.45) is 5.92 Å². The van der Waals surface area contributed by atoms with Gasteiger partial charge in [0.25, 0.3) is 0 Å². The van der Waals surface area contributed by atoms with Gasteiger partial charge in [-0.3, -0.25) is 0 Å². The van der Waals surface area contributed by atoms with Gasteiger partial charge >= 0.3 is 5.97 Å². The quantitative estimate of drug-likeness (QED) is 0.854. The van der Waals surface area contributed by atoms with Crippen molar-refractivity contribution in [2.75, 3.05) is 13.2 Å². The summed E-state index contributed by atoms with van der Waals surface area (Å²) in [5, 5.41) is 9.31. The summed E-state index contributed by atoms with van der Waals surface area (Å²) in [4.78, 5) is 11.3. The van der Waals surface area contributed by atoms with Gasteiger partial charge in [-0.2, -0.15) is 0 Å². The van der Waals surface area contributed by atoms with Crippen LogP contribution in [0.5, 0.6) is 5.75 Å². The summed E-state index contributed by atoms with van der Waals surface area (Å²) < 4.78 is 12.2. The summed E-state index contributed by atoms with van der Waals surface area (Å²) in [5.74, 6) is 0.185. The van der Waals surface area contributed by atoms with E-state index in [1.165, 1.54) is 5.57 Å². The van der Waals surface area contributed by atoms with Gasteiger partial charge in [0.05, 0.1) is 10.0 Å². The second-order valence-electron chi connectivity index (χ2n) is 6.33. The summed E-state index contributed by atoms with van der Waals surface area (Å²) in [6, 6.07) is 3.32. The third-order valence-electron chi connectivity index (χ3n) is 4.13. The predicted molar refractivity (Wildman–Crippen MR) is 87.3 cm³/mol. The Labute approximate surface area is 138 Å². The van der Waals surface area contributed by atoms with Gasteiger partial charge in [-0.05, 0) is 72.3 Å². The highest BCUT2D eigenvalue weighted by atomic mass is 79.9. The fourth-order valence-corrected chi connectivity index (χ4v) is 3.67. The minimum atomic E-state index is -0.931. The number of carboxylic acids is 1. The van der Waals surface area contributed by atoms with Gasteiger partial charge in [0.1, 0.15) is 11.4 Å². The molecule has 2 heterocycles. The van der Waals surface area contributed by atoms with Crippen molar-refractivity contribution >= 4 is 27.5 Å². The van der Waals surface area contributed by atoms with Crippen LogP contribution in [0.25, 0.3) is 5.57 Å². The lowest BCUT2D eigenvalue weighted by atomic mass is 9.82. The largest absolute Gasteiger partial charge is 0.482 e. The fraction of sp³-hybridized carbons (Fsp3) is 0.471. The maximum atomic E-state index is 11.3. The zero-order valence-electron chi connectivity index (χ0n) is 12.7. The van der Waals surface area contributed by atoms with Gasteiger partial charge in [0, 0.05) is 18.8 Å². The van der Waals surface area contributed by atoms with Crippen LogP contribution in [0.3, 0.4) is 0 Å². The molecule has 2 aliphatic heterocycles. The van der Waals surface area contributed by atoms with Crippen LogP contribution in [-0.2, 0) is 4.74 Å². The van der Waals surface area contributed by atoms with Gasteiger partial charge in [0.2, 0.25) is 0 Å². The van der Waals surface area contributed by atoms with Gasteiger partial charge in [-0.25, -0.2) is 4.79 Å². The maximum Gasteiger partial charge on any atom is 0.335 e. The van der Waals surface area contributed by atoms with Gasteiger partial charge in [0.15, 0.2) is 0 Å². The number of hydrogen-bond donors (Lipinski definition) is 1. The van der Waals surface area contributed by atoms with Crippen molar-refractivity contribution < 1.29 is 19.4 Å². The van der Waals surface area contributed by atoms with Crippen LogP contribution >= 0.6 is 15.9 Å². The Balaban J connectivity index is 2.12. The number of benzene rings is 1. The Morgan fingerprint density at radius 3 is 2.64 bits per heavy atom. The smallest absolute Gasteiger partial charge is 0.335 e. The topological polar surface area (TPSA) is 55.8 Å². The lowest BCUT2D eigenvalue weighted by Crippen LogP contribution is -2.31. The molecule has 0 amide bonds. The Morgan fingerprint density at radius 2 is 2.00 bits per heavy atom. The van der Waals surface area contributed by atoms with Gasteiger partial charge in [-0.1, -0.05) is 0 Å². The van der Waals surface area contributed by atoms with Crippen LogP contribution in [0, 0.1) is 5.92 Å². The summed E-state index contributed by atoms with van der Waals surface area (Å²) in [6.45, 7) is 5.54. The van der Waals surface area contributed by atoms with E-state index in [1.807, 2.05) is 13.8 Å². The predicted octanol–water partition coefficient (Wildman–Crippen LogP) is 4.13. The molecule has 1 N–H and O–H groups in total. The van der Waals surface area contributed by atoms with E-state index in [9.17, 15) is 9.90 Å². The molecule has 118 valence electrons. The molecule has 1 fully saturated rings. The number of rotatable bonds is 2. The minimum Gasteiger partial charge on any atom is -0.482 e. The molecule has 3 rings (SSSR count). The summed E-state index contributed by atoms with van der Waals surface area (Å²) in [6.07, 6.45) is 4.04. The number of allylic oxidation sites excluding steroid dienone is 1. The van der Waals surface area contributed by atoms with Crippen LogP contribution in [0.4, 0.5) is 0 Å². The van der Waals surface area contributed by atoms with Crippen LogP contribution < -0.4 is 4.74 Å². The van der Waals surface area contributed by atoms with Crippen molar-refractivity contribution in [3.63, 3.8) is 0 Å². The molecule has 0 spiro atoms. The van der Waals surface area contributed by atoms with E-state index in [1.54, 1.807) is 12.1 Å². The monoisotopic (exact) mass is 366 g/mol. The average molecular weight is 367 g/mol. The molecule has 0 bridgehead atoms. The van der Waals surface area contributed by atoms with E-state index in [4.69, 9.17) is 9.47 Å². The highest BCUT2D eigenvalue weighted by Crippen LogP contribution is 2.46. The lowest BCUT2D eigenvalue weighted by molar-refractivity contribution is 0.0696. The van der Waals surface area contributed by atoms with Crippen molar-refractivity contribution in [2.45, 2.75) is 32.3 Å². The second kappa shape index (κ2) is 5.70. The molecule has 0 saturated carbocycles. The molecule has 0 atom stereocenters. The van der Waals surface area contributed by atoms with Gasteiger partial charge in [-0.15, -0.1) is 0 Å². The van der Waals surface area contributed by atoms with Crippen LogP contribution in [0.15, 0.2) is 22.7 Å². The Bertz CT molecular complexity index is 642. The van der Waals surface area contributed by atoms with Crippen molar-refractivity contribution in [1.82, 2.24) is 0 Å². The first kappa shape index (κ1) is 15.6. The number of fused-ring (bicyclic) bond motifs is 1. The number of carbonyl (C=O) groups is 1. The molecule has 5 heteroatoms. The SMILES string of the molecule is CC1(C)C=C(C2CCOCC2)c2cc(C(=O)O)cc(Br)c2O1. The number of hydrogen-bond acceptors (Lipinski definition) is 3. The van der Waals surface area contributed by atoms with Crippen molar-refractivity contribution in [3.8, 4) is 5.75 Å². The fourth-order valence-electron chi connectivity index (χ4n) is 3.13. The van der Waals surface area contributed by atoms with E-state index >= 15 is 0 Å². The summed E-state index contributed by atoms with van der Waals surface area (Å²) >= 11 is 3.46. The third kappa shape index (κ3) is 2.92. The minimum absolute atomic E-state index is 0.270. The molecule has 1 aromatic carbocycles. The van der Waals surface area contributed by atoms with Crippen LogP contribution in [0.1, 0.15) is 42.6 Å². The van der Waals surface area contributed by atoms with E-state index in [0.29, 0.717) is 10.4 Å². The number of ether oxygens (including phenoxy) is 2. The second-order valence-corrected chi connectivity index (χ2v) is 7.19. The van der Waals surface area contributed by atoms with E-state index in [0.717, 1.165) is 37.4 Å². The molecule has 2 aliphatic rings. The maximum absolute atomic E-state index is 11.3. The molecule has 0 unspecified atom stereocenters. The Kier molecular flexibility index (Phi) is 4.03. The first-order valence-electron chi connectivity index (χ1n) is 7.44. The average Bonchev–Trinajstić information content (AvgIpc) is 2.47. The third-order valence-corrected chi connectivity index (χ3v) is 4.72. The highest BCUT2D eigenvalue weighted by Gasteiger charge is 2.33. The van der Waals surface area contributed by atoms with Crippen molar-refractivity contribution in [1.29, 1.82) is 0 Å². The molecular weight excluding hydrogens is 348 g/mol. The summed E-state index contributed by atoms with van der Waals surface area (Å²) in [5.41, 5.74) is 1.93. The van der Waals surface area contributed by atoms with Crippen LogP contribution in [-0.4, -0.2) is 29.9 Å². The van der Waals surface area contributed by atoms with E-state index in [-0.39, 0.29) is 5.56 Å². The number of carboxylic acid groups (broad SMARTS) is 1. The molecule has 22 heavy (non-hydrogen) atoms. The first-order valence-corrected chi connectivity index (χ1v) is 8.23.